The summed E-state index contributed by atoms with van der Waals surface area (Å²) in [5, 5.41) is 51.3. The number of aliphatic hydroxyl groups is 1. The number of carbonyl (C=O) groups is 1. The first-order chi connectivity index (χ1) is 16.2. The van der Waals surface area contributed by atoms with E-state index in [0.717, 1.165) is 16.7 Å². The molecule has 3 aliphatic carbocycles. The van der Waals surface area contributed by atoms with Crippen LogP contribution in [0.4, 0.5) is 0 Å². The summed E-state index contributed by atoms with van der Waals surface area (Å²) >= 11 is 0. The maximum absolute atomic E-state index is 13.1. The Hall–Kier alpha value is -4.03. The molecule has 3 aromatic carbocycles. The number of Topliss-reactive ketones (excluding diaryl/α,β-unsaturated/α-hetero) is 1. The minimum absolute atomic E-state index is 0.106. The van der Waals surface area contributed by atoms with Gasteiger partial charge in [-0.2, -0.15) is 0 Å². The van der Waals surface area contributed by atoms with Crippen LogP contribution in [0, 0.1) is 5.92 Å². The average Bonchev–Trinajstić information content (AvgIpc) is 2.79. The van der Waals surface area contributed by atoms with Crippen molar-refractivity contribution in [3.63, 3.8) is 0 Å². The van der Waals surface area contributed by atoms with E-state index in [2.05, 4.69) is 0 Å². The summed E-state index contributed by atoms with van der Waals surface area (Å²) < 4.78 is 0. The van der Waals surface area contributed by atoms with E-state index in [1.54, 1.807) is 54.6 Å². The van der Waals surface area contributed by atoms with Crippen LogP contribution in [0.3, 0.4) is 0 Å². The summed E-state index contributed by atoms with van der Waals surface area (Å²) in [7, 11) is 0. The highest BCUT2D eigenvalue weighted by Crippen LogP contribution is 2.58. The number of hydrogen-bond donors (Lipinski definition) is 5. The number of allylic oxidation sites excluding steroid dienone is 2. The number of benzene rings is 3. The molecular weight excluding hydrogens is 432 g/mol. The Kier molecular flexibility index (Phi) is 5.18. The minimum atomic E-state index is -1.84. The van der Waals surface area contributed by atoms with Gasteiger partial charge in [0, 0.05) is 24.3 Å². The van der Waals surface area contributed by atoms with E-state index in [1.165, 1.54) is 18.2 Å². The molecule has 0 saturated heterocycles. The average molecular weight is 456 g/mol. The predicted molar refractivity (Wildman–Crippen MR) is 127 cm³/mol. The van der Waals surface area contributed by atoms with Crippen molar-refractivity contribution < 1.29 is 30.3 Å². The number of hydrogen-bond acceptors (Lipinski definition) is 6. The number of ketones is 1. The van der Waals surface area contributed by atoms with Crippen LogP contribution in [0.25, 0.3) is 6.08 Å². The Balaban J connectivity index is 1.65. The molecule has 0 aliphatic heterocycles. The van der Waals surface area contributed by atoms with Gasteiger partial charge < -0.3 is 25.5 Å². The Labute approximate surface area is 196 Å². The number of rotatable bonds is 4. The third-order valence-corrected chi connectivity index (χ3v) is 6.86. The van der Waals surface area contributed by atoms with Crippen molar-refractivity contribution in [1.82, 2.24) is 0 Å². The number of fused-ring (bicyclic) bond motifs is 2. The van der Waals surface area contributed by atoms with Gasteiger partial charge >= 0.3 is 0 Å². The van der Waals surface area contributed by atoms with Crippen LogP contribution >= 0.6 is 0 Å². The molecule has 4 atom stereocenters. The monoisotopic (exact) mass is 456 g/mol. The van der Waals surface area contributed by atoms with Gasteiger partial charge in [0.1, 0.15) is 28.6 Å². The molecule has 0 amide bonds. The lowest BCUT2D eigenvalue weighted by Gasteiger charge is -2.51. The van der Waals surface area contributed by atoms with Crippen LogP contribution in [0.1, 0.15) is 34.9 Å². The lowest BCUT2D eigenvalue weighted by atomic mass is 9.53. The van der Waals surface area contributed by atoms with Gasteiger partial charge in [0.25, 0.3) is 0 Å². The van der Waals surface area contributed by atoms with E-state index in [4.69, 9.17) is 0 Å². The Morgan fingerprint density at radius 1 is 0.735 bits per heavy atom. The lowest BCUT2D eigenvalue weighted by Crippen LogP contribution is -2.55. The summed E-state index contributed by atoms with van der Waals surface area (Å²) in [6.07, 6.45) is 5.46. The van der Waals surface area contributed by atoms with Crippen LogP contribution in [-0.4, -0.2) is 36.9 Å². The molecular formula is C28H24O6. The van der Waals surface area contributed by atoms with Crippen molar-refractivity contribution in [2.24, 2.45) is 5.92 Å². The SMILES string of the molecule is O=C1C[C@H]2C(/C=C/c3ccc(O)cc3)=C[C@]1(O)[C@H](c1cc(O)cc(O)c1)[C@@H]2c1ccc(O)cc1. The number of carbonyl (C=O) groups excluding carboxylic acids is 1. The molecule has 3 aromatic rings. The van der Waals surface area contributed by atoms with Crippen molar-refractivity contribution in [3.8, 4) is 23.0 Å². The zero-order valence-corrected chi connectivity index (χ0v) is 18.2. The normalized spacial score (nSPS) is 26.1. The fourth-order valence-corrected chi connectivity index (χ4v) is 5.36. The Morgan fingerprint density at radius 3 is 1.94 bits per heavy atom. The summed E-state index contributed by atoms with van der Waals surface area (Å²) in [6, 6.07) is 17.5. The first-order valence-corrected chi connectivity index (χ1v) is 11.0. The fraction of sp³-hybridized carbons (Fsp3) is 0.179. The molecule has 0 spiro atoms. The van der Waals surface area contributed by atoms with Gasteiger partial charge in [-0.05, 0) is 70.7 Å². The highest BCUT2D eigenvalue weighted by Gasteiger charge is 2.58. The van der Waals surface area contributed by atoms with E-state index in [1.807, 2.05) is 12.2 Å². The van der Waals surface area contributed by atoms with Gasteiger partial charge in [-0.1, -0.05) is 36.4 Å². The van der Waals surface area contributed by atoms with E-state index in [9.17, 15) is 30.3 Å². The molecule has 5 N–H and O–H groups in total. The number of phenolic OH excluding ortho intramolecular Hbond substituents is 4. The molecule has 0 aromatic heterocycles. The fourth-order valence-electron chi connectivity index (χ4n) is 5.36. The summed E-state index contributed by atoms with van der Waals surface area (Å²) in [5.74, 6) is -1.73. The quantitative estimate of drug-likeness (QED) is 0.398. The smallest absolute Gasteiger partial charge is 0.169 e. The van der Waals surface area contributed by atoms with Gasteiger partial charge in [-0.15, -0.1) is 0 Å². The van der Waals surface area contributed by atoms with Gasteiger partial charge in [0.05, 0.1) is 0 Å². The molecule has 0 unspecified atom stereocenters. The second-order valence-electron chi connectivity index (χ2n) is 9.01. The van der Waals surface area contributed by atoms with Crippen molar-refractivity contribution >= 4 is 11.9 Å². The molecule has 0 radical (unpaired) electrons. The van der Waals surface area contributed by atoms with Gasteiger partial charge in [-0.25, -0.2) is 0 Å². The van der Waals surface area contributed by atoms with Crippen molar-refractivity contribution in [2.45, 2.75) is 23.9 Å². The second-order valence-corrected chi connectivity index (χ2v) is 9.01. The Morgan fingerprint density at radius 2 is 1.32 bits per heavy atom. The van der Waals surface area contributed by atoms with Crippen molar-refractivity contribution in [1.29, 1.82) is 0 Å². The van der Waals surface area contributed by atoms with Crippen LogP contribution < -0.4 is 0 Å². The van der Waals surface area contributed by atoms with Crippen LogP contribution in [0.2, 0.25) is 0 Å². The Bertz CT molecular complexity index is 1290. The molecule has 1 saturated carbocycles. The van der Waals surface area contributed by atoms with E-state index in [0.29, 0.717) is 5.56 Å². The molecule has 172 valence electrons. The van der Waals surface area contributed by atoms with Crippen LogP contribution in [0.15, 0.2) is 84.5 Å². The zero-order chi connectivity index (χ0) is 24.0. The second kappa shape index (κ2) is 8.08. The molecule has 2 bridgehead atoms. The van der Waals surface area contributed by atoms with E-state index >= 15 is 0 Å². The van der Waals surface area contributed by atoms with Gasteiger partial charge in [0.15, 0.2) is 5.78 Å². The van der Waals surface area contributed by atoms with Crippen LogP contribution in [0.5, 0.6) is 23.0 Å². The number of phenols is 4. The van der Waals surface area contributed by atoms with E-state index in [-0.39, 0.29) is 47.0 Å². The first kappa shape index (κ1) is 21.8. The highest BCUT2D eigenvalue weighted by molar-refractivity contribution is 5.94. The molecule has 34 heavy (non-hydrogen) atoms. The topological polar surface area (TPSA) is 118 Å². The molecule has 3 aliphatic rings. The summed E-state index contributed by atoms with van der Waals surface area (Å²) in [4.78, 5) is 13.1. The molecule has 6 rings (SSSR count). The third-order valence-electron chi connectivity index (χ3n) is 6.86. The first-order valence-electron chi connectivity index (χ1n) is 11.0. The summed E-state index contributed by atoms with van der Waals surface area (Å²) in [5.41, 5.74) is 1.09. The largest absolute Gasteiger partial charge is 0.508 e. The van der Waals surface area contributed by atoms with Gasteiger partial charge in [-0.3, -0.25) is 4.79 Å². The lowest BCUT2D eigenvalue weighted by molar-refractivity contribution is -0.142. The molecule has 1 fully saturated rings. The predicted octanol–water partition coefficient (Wildman–Crippen LogP) is 4.35. The number of aromatic hydroxyl groups is 4. The molecule has 6 nitrogen and oxygen atoms in total. The molecule has 6 heteroatoms. The maximum atomic E-state index is 13.1. The zero-order valence-electron chi connectivity index (χ0n) is 18.2. The molecule has 0 heterocycles. The minimum Gasteiger partial charge on any atom is -0.508 e. The van der Waals surface area contributed by atoms with Crippen molar-refractivity contribution in [2.75, 3.05) is 0 Å². The third kappa shape index (κ3) is 3.72. The van der Waals surface area contributed by atoms with E-state index < -0.39 is 11.5 Å². The highest BCUT2D eigenvalue weighted by atomic mass is 16.3. The standard InChI is InChI=1S/C28H24O6/c29-20-7-2-16(3-8-20)1-4-18-15-28(34)25(33)14-24(18)26(17-5-9-21(30)10-6-17)27(28)19-11-22(31)13-23(32)12-19/h1-13,15,24,26-27,29-32,34H,14H2/b4-1+/t24-,26+,27+,28+/m0/s1. The summed E-state index contributed by atoms with van der Waals surface area (Å²) in [6.45, 7) is 0. The van der Waals surface area contributed by atoms with Gasteiger partial charge in [0.2, 0.25) is 0 Å². The van der Waals surface area contributed by atoms with Crippen molar-refractivity contribution in [3.05, 3.63) is 101 Å². The maximum Gasteiger partial charge on any atom is 0.169 e. The van der Waals surface area contributed by atoms with Crippen LogP contribution in [-0.2, 0) is 4.79 Å².